The Morgan fingerprint density at radius 2 is 2.46 bits per heavy atom. The molecule has 0 aromatic rings. The summed E-state index contributed by atoms with van der Waals surface area (Å²) in [5.74, 6) is 0.0827. The van der Waals surface area contributed by atoms with Crippen molar-refractivity contribution < 1.29 is 9.59 Å². The van der Waals surface area contributed by atoms with E-state index in [1.54, 1.807) is 0 Å². The number of Topliss-reactive ketones (excluding diaryl/α,β-unsaturated/α-hetero) is 1. The molecule has 2 atom stereocenters. The van der Waals surface area contributed by atoms with Gasteiger partial charge in [0.05, 0.1) is 5.88 Å². The van der Waals surface area contributed by atoms with Crippen molar-refractivity contribution in [2.24, 2.45) is 11.8 Å². The van der Waals surface area contributed by atoms with Gasteiger partial charge >= 0.3 is 0 Å². The number of nitrogens with one attached hydrogen (secondary N) is 1. The summed E-state index contributed by atoms with van der Waals surface area (Å²) in [5, 5.41) is 2.75. The van der Waals surface area contributed by atoms with Gasteiger partial charge in [0.15, 0.2) is 0 Å². The van der Waals surface area contributed by atoms with Crippen LogP contribution in [0.3, 0.4) is 0 Å². The highest BCUT2D eigenvalue weighted by Crippen LogP contribution is 2.20. The Kier molecular flexibility index (Phi) is 3.72. The molecule has 0 radical (unpaired) electrons. The van der Waals surface area contributed by atoms with E-state index in [0.29, 0.717) is 6.42 Å². The molecule has 1 heterocycles. The number of alkyl halides is 1. The lowest BCUT2D eigenvalue weighted by molar-refractivity contribution is -0.124. The zero-order chi connectivity index (χ0) is 9.84. The SMILES string of the molecule is C[C@@H](C[C@@H]1CCNC1=O)C(=O)CCl. The summed E-state index contributed by atoms with van der Waals surface area (Å²) in [7, 11) is 0. The van der Waals surface area contributed by atoms with Gasteiger partial charge in [0.2, 0.25) is 5.91 Å². The van der Waals surface area contributed by atoms with Gasteiger partial charge in [-0.3, -0.25) is 9.59 Å². The number of amides is 1. The standard InChI is InChI=1S/C9H14ClNO2/c1-6(8(12)5-10)4-7-2-3-11-9(7)13/h6-7H,2-5H2,1H3,(H,11,13)/t6-,7-/m0/s1. The number of carbonyl (C=O) groups is 2. The molecule has 1 amide bonds. The first kappa shape index (κ1) is 10.5. The predicted octanol–water partition coefficient (Wildman–Crippen LogP) is 0.957. The smallest absolute Gasteiger partial charge is 0.223 e. The number of ketones is 1. The maximum absolute atomic E-state index is 11.2. The number of hydrogen-bond donors (Lipinski definition) is 1. The maximum atomic E-state index is 11.2. The molecule has 0 spiro atoms. The Labute approximate surface area is 82.8 Å². The number of carbonyl (C=O) groups excluding carboxylic acids is 2. The minimum atomic E-state index is -0.0913. The zero-order valence-electron chi connectivity index (χ0n) is 7.68. The third-order valence-electron chi connectivity index (χ3n) is 2.48. The third kappa shape index (κ3) is 2.69. The molecule has 1 N–H and O–H groups in total. The second kappa shape index (κ2) is 4.61. The van der Waals surface area contributed by atoms with Crippen molar-refractivity contribution in [1.82, 2.24) is 5.32 Å². The molecule has 1 aliphatic heterocycles. The van der Waals surface area contributed by atoms with Crippen LogP contribution in [0.2, 0.25) is 0 Å². The van der Waals surface area contributed by atoms with Gasteiger partial charge in [-0.25, -0.2) is 0 Å². The highest BCUT2D eigenvalue weighted by Gasteiger charge is 2.27. The van der Waals surface area contributed by atoms with Gasteiger partial charge in [0.25, 0.3) is 0 Å². The fourth-order valence-electron chi connectivity index (χ4n) is 1.56. The molecule has 0 bridgehead atoms. The molecule has 0 aromatic carbocycles. The van der Waals surface area contributed by atoms with Gasteiger partial charge in [0.1, 0.15) is 5.78 Å². The quantitative estimate of drug-likeness (QED) is 0.692. The van der Waals surface area contributed by atoms with Crippen LogP contribution in [0.4, 0.5) is 0 Å². The van der Waals surface area contributed by atoms with E-state index in [0.717, 1.165) is 13.0 Å². The van der Waals surface area contributed by atoms with E-state index in [1.165, 1.54) is 0 Å². The van der Waals surface area contributed by atoms with E-state index >= 15 is 0 Å². The van der Waals surface area contributed by atoms with E-state index in [4.69, 9.17) is 11.6 Å². The molecule has 3 nitrogen and oxygen atoms in total. The van der Waals surface area contributed by atoms with E-state index in [-0.39, 0.29) is 29.4 Å². The van der Waals surface area contributed by atoms with Crippen LogP contribution in [0.5, 0.6) is 0 Å². The first-order valence-electron chi connectivity index (χ1n) is 4.51. The van der Waals surface area contributed by atoms with Crippen molar-refractivity contribution in [2.45, 2.75) is 19.8 Å². The van der Waals surface area contributed by atoms with Crippen LogP contribution in [0, 0.1) is 11.8 Å². The first-order chi connectivity index (χ1) is 6.15. The Balaban J connectivity index is 2.39. The van der Waals surface area contributed by atoms with Crippen LogP contribution in [-0.2, 0) is 9.59 Å². The summed E-state index contributed by atoms with van der Waals surface area (Å²) in [6.07, 6.45) is 1.48. The van der Waals surface area contributed by atoms with Crippen molar-refractivity contribution in [2.75, 3.05) is 12.4 Å². The average Bonchev–Trinajstić information content (AvgIpc) is 2.50. The summed E-state index contributed by atoms with van der Waals surface area (Å²) in [4.78, 5) is 22.3. The third-order valence-corrected chi connectivity index (χ3v) is 2.75. The molecule has 0 aromatic heterocycles. The molecule has 0 aliphatic carbocycles. The van der Waals surface area contributed by atoms with Gasteiger partial charge in [-0.2, -0.15) is 0 Å². The molecule has 0 saturated carbocycles. The van der Waals surface area contributed by atoms with E-state index < -0.39 is 0 Å². The molecule has 0 unspecified atom stereocenters. The van der Waals surface area contributed by atoms with Gasteiger partial charge in [-0.05, 0) is 12.8 Å². The number of rotatable bonds is 4. The van der Waals surface area contributed by atoms with Gasteiger partial charge in [0, 0.05) is 18.4 Å². The second-order valence-electron chi connectivity index (χ2n) is 3.51. The largest absolute Gasteiger partial charge is 0.356 e. The lowest BCUT2D eigenvalue weighted by Crippen LogP contribution is -2.23. The zero-order valence-corrected chi connectivity index (χ0v) is 8.43. The van der Waals surface area contributed by atoms with Crippen LogP contribution >= 0.6 is 11.6 Å². The summed E-state index contributed by atoms with van der Waals surface area (Å²) in [5.41, 5.74) is 0. The average molecular weight is 204 g/mol. The molecule has 1 saturated heterocycles. The molecule has 4 heteroatoms. The highest BCUT2D eigenvalue weighted by molar-refractivity contribution is 6.27. The van der Waals surface area contributed by atoms with Crippen LogP contribution in [0.25, 0.3) is 0 Å². The van der Waals surface area contributed by atoms with Gasteiger partial charge < -0.3 is 5.32 Å². The van der Waals surface area contributed by atoms with Crippen molar-refractivity contribution in [1.29, 1.82) is 0 Å². The normalized spacial score (nSPS) is 24.2. The predicted molar refractivity (Wildman–Crippen MR) is 50.6 cm³/mol. The molecular weight excluding hydrogens is 190 g/mol. The summed E-state index contributed by atoms with van der Waals surface area (Å²) in [6.45, 7) is 2.57. The van der Waals surface area contributed by atoms with Crippen molar-refractivity contribution in [3.05, 3.63) is 0 Å². The second-order valence-corrected chi connectivity index (χ2v) is 3.78. The van der Waals surface area contributed by atoms with Crippen molar-refractivity contribution in [3.8, 4) is 0 Å². The lowest BCUT2D eigenvalue weighted by Gasteiger charge is -2.11. The minimum Gasteiger partial charge on any atom is -0.356 e. The van der Waals surface area contributed by atoms with Crippen molar-refractivity contribution in [3.63, 3.8) is 0 Å². The van der Waals surface area contributed by atoms with Crippen LogP contribution in [-0.4, -0.2) is 24.1 Å². The molecule has 13 heavy (non-hydrogen) atoms. The van der Waals surface area contributed by atoms with Gasteiger partial charge in [-0.15, -0.1) is 11.6 Å². The minimum absolute atomic E-state index is 0.0159. The van der Waals surface area contributed by atoms with Crippen LogP contribution in [0.1, 0.15) is 19.8 Å². The highest BCUT2D eigenvalue weighted by atomic mass is 35.5. The lowest BCUT2D eigenvalue weighted by atomic mass is 9.92. The Hall–Kier alpha value is -0.570. The Morgan fingerprint density at radius 3 is 2.92 bits per heavy atom. The summed E-state index contributed by atoms with van der Waals surface area (Å²) in [6, 6.07) is 0. The fourth-order valence-corrected chi connectivity index (χ4v) is 1.82. The molecule has 1 fully saturated rings. The topological polar surface area (TPSA) is 46.2 Å². The monoisotopic (exact) mass is 203 g/mol. The Bertz CT molecular complexity index is 218. The van der Waals surface area contributed by atoms with Crippen LogP contribution < -0.4 is 5.32 Å². The molecule has 1 aliphatic rings. The summed E-state index contributed by atoms with van der Waals surface area (Å²) < 4.78 is 0. The molecule has 74 valence electrons. The number of hydrogen-bond acceptors (Lipinski definition) is 2. The van der Waals surface area contributed by atoms with E-state index in [1.807, 2.05) is 6.92 Å². The van der Waals surface area contributed by atoms with E-state index in [2.05, 4.69) is 5.32 Å². The first-order valence-corrected chi connectivity index (χ1v) is 5.05. The maximum Gasteiger partial charge on any atom is 0.223 e. The fraction of sp³-hybridized carbons (Fsp3) is 0.778. The Morgan fingerprint density at radius 1 is 1.77 bits per heavy atom. The molecule has 1 rings (SSSR count). The van der Waals surface area contributed by atoms with Crippen LogP contribution in [0.15, 0.2) is 0 Å². The molecular formula is C9H14ClNO2. The summed E-state index contributed by atoms with van der Waals surface area (Å²) >= 11 is 5.42. The number of halogens is 1. The van der Waals surface area contributed by atoms with Gasteiger partial charge in [-0.1, -0.05) is 6.92 Å². The van der Waals surface area contributed by atoms with E-state index in [9.17, 15) is 9.59 Å². The van der Waals surface area contributed by atoms with Crippen molar-refractivity contribution >= 4 is 23.3 Å².